The topological polar surface area (TPSA) is 119 Å². The van der Waals surface area contributed by atoms with E-state index in [1.807, 2.05) is 25.1 Å². The third kappa shape index (κ3) is 5.18. The number of thiazole rings is 1. The Morgan fingerprint density at radius 2 is 1.66 bits per heavy atom. The van der Waals surface area contributed by atoms with Gasteiger partial charge >= 0.3 is 0 Å². The fourth-order valence-electron chi connectivity index (χ4n) is 4.45. The third-order valence-electron chi connectivity index (χ3n) is 6.53. The number of carbonyl (C=O) groups excluding carboxylic acids is 3. The van der Waals surface area contributed by atoms with Crippen molar-refractivity contribution in [3.63, 3.8) is 0 Å². The predicted molar refractivity (Wildman–Crippen MR) is 159 cm³/mol. The Balaban J connectivity index is 1.24. The Labute approximate surface area is 241 Å². The fraction of sp³-hybridized carbons (Fsp3) is 0.0323. The molecule has 4 aromatic carbocycles. The van der Waals surface area contributed by atoms with Gasteiger partial charge in [0.25, 0.3) is 11.6 Å². The van der Waals surface area contributed by atoms with Crippen LogP contribution >= 0.6 is 23.1 Å². The van der Waals surface area contributed by atoms with Crippen LogP contribution in [0.25, 0.3) is 16.3 Å². The van der Waals surface area contributed by atoms with Crippen LogP contribution in [0.1, 0.15) is 42.2 Å². The summed E-state index contributed by atoms with van der Waals surface area (Å²) in [4.78, 5) is 54.5. The minimum atomic E-state index is -0.497. The summed E-state index contributed by atoms with van der Waals surface area (Å²) in [7, 11) is 0. The lowest BCUT2D eigenvalue weighted by Crippen LogP contribution is -2.11. The van der Waals surface area contributed by atoms with Gasteiger partial charge in [-0.1, -0.05) is 59.8 Å². The van der Waals surface area contributed by atoms with Crippen LogP contribution in [0.4, 0.5) is 11.4 Å². The number of nitro benzene ring substituents is 1. The first kappa shape index (κ1) is 26.3. The van der Waals surface area contributed by atoms with Crippen molar-refractivity contribution in [2.45, 2.75) is 16.2 Å². The van der Waals surface area contributed by atoms with E-state index in [-0.39, 0.29) is 17.2 Å². The van der Waals surface area contributed by atoms with E-state index in [0.717, 1.165) is 22.0 Å². The van der Waals surface area contributed by atoms with Crippen LogP contribution in [0.2, 0.25) is 0 Å². The van der Waals surface area contributed by atoms with Gasteiger partial charge in [0.1, 0.15) is 0 Å². The van der Waals surface area contributed by atoms with E-state index in [2.05, 4.69) is 10.3 Å². The average Bonchev–Trinajstić information content (AvgIpc) is 3.47. The lowest BCUT2D eigenvalue weighted by Gasteiger charge is -2.05. The molecule has 8 nitrogen and oxygen atoms in total. The summed E-state index contributed by atoms with van der Waals surface area (Å²) in [5, 5.41) is 14.8. The number of ketones is 2. The number of aryl methyl sites for hydroxylation is 1. The first-order chi connectivity index (χ1) is 19.8. The maximum atomic E-state index is 12.7. The van der Waals surface area contributed by atoms with Gasteiger partial charge in [0.05, 0.1) is 25.6 Å². The number of amides is 1. The molecule has 1 N–H and O–H groups in total. The Hall–Kier alpha value is -4.93. The largest absolute Gasteiger partial charge is 0.322 e. The number of allylic oxidation sites excluding steroid dienone is 1. The van der Waals surface area contributed by atoms with Gasteiger partial charge in [-0.15, -0.1) is 11.3 Å². The smallest absolute Gasteiger partial charge is 0.283 e. The molecule has 6 rings (SSSR count). The molecule has 1 aliphatic carbocycles. The normalized spacial score (nSPS) is 12.5. The first-order valence-electron chi connectivity index (χ1n) is 12.4. The number of nitrogens with one attached hydrogen (secondary N) is 1. The molecular formula is C31H19N3O5S2. The number of aromatic nitrogens is 1. The van der Waals surface area contributed by atoms with Gasteiger partial charge in [0, 0.05) is 28.4 Å². The third-order valence-corrected chi connectivity index (χ3v) is 8.68. The quantitative estimate of drug-likeness (QED) is 0.0968. The van der Waals surface area contributed by atoms with E-state index < -0.39 is 16.5 Å². The monoisotopic (exact) mass is 577 g/mol. The molecular weight excluding hydrogens is 558 g/mol. The zero-order valence-electron chi connectivity index (χ0n) is 21.4. The maximum Gasteiger partial charge on any atom is 0.283 e. The molecule has 1 aliphatic rings. The molecule has 0 spiro atoms. The number of Topliss-reactive ketones (excluding diaryl/α,β-unsaturated/α-hetero) is 2. The Morgan fingerprint density at radius 1 is 0.951 bits per heavy atom. The number of anilines is 1. The molecule has 10 heteroatoms. The summed E-state index contributed by atoms with van der Waals surface area (Å²) in [6, 6.07) is 23.8. The van der Waals surface area contributed by atoms with Gasteiger partial charge < -0.3 is 5.32 Å². The summed E-state index contributed by atoms with van der Waals surface area (Å²) < 4.78 is 1.41. The predicted octanol–water partition coefficient (Wildman–Crippen LogP) is 7.38. The van der Waals surface area contributed by atoms with Gasteiger partial charge in [-0.25, -0.2) is 4.98 Å². The van der Waals surface area contributed by atoms with Crippen molar-refractivity contribution in [1.82, 2.24) is 4.98 Å². The van der Waals surface area contributed by atoms with Crippen molar-refractivity contribution in [3.8, 4) is 0 Å². The number of hydrogen-bond donors (Lipinski definition) is 1. The molecule has 0 fully saturated rings. The van der Waals surface area contributed by atoms with Gasteiger partial charge in [-0.05, 0) is 55.0 Å². The Morgan fingerprint density at radius 3 is 2.34 bits per heavy atom. The minimum absolute atomic E-state index is 0.0163. The van der Waals surface area contributed by atoms with Gasteiger partial charge in [0.15, 0.2) is 15.9 Å². The van der Waals surface area contributed by atoms with Crippen molar-refractivity contribution >= 4 is 68.2 Å². The number of fused-ring (bicyclic) bond motifs is 2. The maximum absolute atomic E-state index is 12.7. The van der Waals surface area contributed by atoms with Crippen LogP contribution in [0, 0.1) is 17.0 Å². The Bertz CT molecular complexity index is 1910. The van der Waals surface area contributed by atoms with Gasteiger partial charge in [0.2, 0.25) is 0 Å². The summed E-state index contributed by atoms with van der Waals surface area (Å²) in [5.41, 5.74) is 3.80. The highest BCUT2D eigenvalue weighted by atomic mass is 32.2. The summed E-state index contributed by atoms with van der Waals surface area (Å²) in [6.45, 7) is 1.95. The molecule has 0 bridgehead atoms. The van der Waals surface area contributed by atoms with E-state index in [9.17, 15) is 24.5 Å². The number of nitrogens with zero attached hydrogens (tertiary/aromatic N) is 2. The van der Waals surface area contributed by atoms with Crippen LogP contribution in [0.15, 0.2) is 99.7 Å². The van der Waals surface area contributed by atoms with Crippen LogP contribution in [0.5, 0.6) is 0 Å². The second-order valence-corrected chi connectivity index (χ2v) is 11.7. The van der Waals surface area contributed by atoms with Crippen molar-refractivity contribution in [2.24, 2.45) is 0 Å². The van der Waals surface area contributed by atoms with Crippen LogP contribution in [-0.4, -0.2) is 27.4 Å². The van der Waals surface area contributed by atoms with Crippen LogP contribution in [-0.2, 0) is 0 Å². The summed E-state index contributed by atoms with van der Waals surface area (Å²) >= 11 is 2.50. The molecule has 0 saturated heterocycles. The first-order valence-corrected chi connectivity index (χ1v) is 14.0. The van der Waals surface area contributed by atoms with E-state index in [1.54, 1.807) is 60.7 Å². The van der Waals surface area contributed by atoms with E-state index >= 15 is 0 Å². The van der Waals surface area contributed by atoms with Gasteiger partial charge in [-0.3, -0.25) is 24.5 Å². The minimum Gasteiger partial charge on any atom is -0.322 e. The van der Waals surface area contributed by atoms with Crippen LogP contribution < -0.4 is 5.32 Å². The molecule has 200 valence electrons. The van der Waals surface area contributed by atoms with Crippen LogP contribution in [0.3, 0.4) is 0 Å². The molecule has 1 aromatic heterocycles. The zero-order chi connectivity index (χ0) is 28.7. The number of nitro groups is 1. The SMILES string of the molecule is Cc1ccc(C(=O)Nc2ccc3nc(Sc4ccc(C=C5C(=O)c6ccccc6C5=O)cc4[N+](=O)[O-])sc3c2)cc1. The average molecular weight is 578 g/mol. The fourth-order valence-corrected chi connectivity index (χ4v) is 6.60. The van der Waals surface area contributed by atoms with E-state index in [4.69, 9.17) is 0 Å². The van der Waals surface area contributed by atoms with Crippen molar-refractivity contribution in [3.05, 3.63) is 128 Å². The molecule has 0 radical (unpaired) electrons. The molecule has 1 amide bonds. The highest BCUT2D eigenvalue weighted by Gasteiger charge is 2.32. The number of rotatable bonds is 6. The van der Waals surface area contributed by atoms with E-state index in [1.165, 1.54) is 23.5 Å². The van der Waals surface area contributed by atoms with Crippen molar-refractivity contribution in [1.29, 1.82) is 0 Å². The number of hydrogen-bond acceptors (Lipinski definition) is 8. The number of benzene rings is 4. The molecule has 1 heterocycles. The Kier molecular flexibility index (Phi) is 6.78. The van der Waals surface area contributed by atoms with E-state index in [0.29, 0.717) is 42.7 Å². The lowest BCUT2D eigenvalue weighted by atomic mass is 10.1. The second-order valence-electron chi connectivity index (χ2n) is 9.33. The molecule has 0 atom stereocenters. The number of carbonyl (C=O) groups is 3. The standard InChI is InChI=1S/C31H19N3O5S2/c1-17-6-9-19(10-7-17)30(37)32-20-11-12-24-27(16-20)41-31(33-24)40-26-13-8-18(15-25(26)34(38)39)14-23-28(35)21-4-2-3-5-22(21)29(23)36/h2-16H,1H3,(H,32,37). The molecule has 41 heavy (non-hydrogen) atoms. The second kappa shape index (κ2) is 10.6. The van der Waals surface area contributed by atoms with Crippen molar-refractivity contribution in [2.75, 3.05) is 5.32 Å². The molecule has 0 saturated carbocycles. The van der Waals surface area contributed by atoms with Gasteiger partial charge in [-0.2, -0.15) is 0 Å². The zero-order valence-corrected chi connectivity index (χ0v) is 23.0. The molecule has 5 aromatic rings. The summed E-state index contributed by atoms with van der Waals surface area (Å²) in [5.74, 6) is -1.01. The highest BCUT2D eigenvalue weighted by Crippen LogP contribution is 2.40. The lowest BCUT2D eigenvalue weighted by molar-refractivity contribution is -0.387. The molecule has 0 aliphatic heterocycles. The summed E-state index contributed by atoms with van der Waals surface area (Å²) in [6.07, 6.45) is 1.40. The van der Waals surface area contributed by atoms with Crippen molar-refractivity contribution < 1.29 is 19.3 Å². The highest BCUT2D eigenvalue weighted by molar-refractivity contribution is 8.01. The molecule has 0 unspecified atom stereocenters.